The predicted octanol–water partition coefficient (Wildman–Crippen LogP) is 4.20. The fourth-order valence-electron chi connectivity index (χ4n) is 2.44. The molecular formula is C19H17FN2OS. The van der Waals surface area contributed by atoms with Crippen molar-refractivity contribution in [3.63, 3.8) is 0 Å². The van der Waals surface area contributed by atoms with Crippen LogP contribution in [0.1, 0.15) is 17.5 Å². The Morgan fingerprint density at radius 1 is 1.25 bits per heavy atom. The number of thiazole rings is 1. The number of hydrogen-bond acceptors (Lipinski definition) is 3. The summed E-state index contributed by atoms with van der Waals surface area (Å²) in [6.45, 7) is 1.86. The number of hydrogen-bond donors (Lipinski definition) is 1. The number of carbonyl (C=O) groups excluding carboxylic acids is 1. The summed E-state index contributed by atoms with van der Waals surface area (Å²) in [5, 5.41) is 3.63. The van der Waals surface area contributed by atoms with E-state index in [2.05, 4.69) is 10.3 Å². The van der Waals surface area contributed by atoms with E-state index in [4.69, 9.17) is 0 Å². The molecule has 1 heterocycles. The van der Waals surface area contributed by atoms with Crippen molar-refractivity contribution >= 4 is 33.5 Å². The molecule has 1 unspecified atom stereocenters. The number of halogens is 1. The Labute approximate surface area is 143 Å². The summed E-state index contributed by atoms with van der Waals surface area (Å²) >= 11 is 1.54. The van der Waals surface area contributed by atoms with Crippen molar-refractivity contribution in [1.82, 2.24) is 10.3 Å². The Morgan fingerprint density at radius 3 is 2.79 bits per heavy atom. The Balaban J connectivity index is 1.59. The first-order valence-corrected chi connectivity index (χ1v) is 8.51. The molecule has 0 fully saturated rings. The number of amides is 1. The monoisotopic (exact) mass is 340 g/mol. The van der Waals surface area contributed by atoms with Gasteiger partial charge in [0, 0.05) is 12.1 Å². The molecule has 0 aliphatic heterocycles. The van der Waals surface area contributed by atoms with Crippen LogP contribution >= 0.6 is 11.3 Å². The molecule has 3 rings (SSSR count). The van der Waals surface area contributed by atoms with E-state index in [0.717, 1.165) is 15.2 Å². The van der Waals surface area contributed by atoms with Gasteiger partial charge in [-0.25, -0.2) is 9.37 Å². The van der Waals surface area contributed by atoms with E-state index in [1.807, 2.05) is 31.2 Å². The first-order valence-electron chi connectivity index (χ1n) is 7.69. The highest BCUT2D eigenvalue weighted by Crippen LogP contribution is 2.22. The molecule has 2 aromatic carbocycles. The third kappa shape index (κ3) is 4.06. The molecular weight excluding hydrogens is 323 g/mol. The summed E-state index contributed by atoms with van der Waals surface area (Å²) in [6, 6.07) is 14.3. The van der Waals surface area contributed by atoms with Crippen LogP contribution < -0.4 is 5.32 Å². The zero-order valence-electron chi connectivity index (χ0n) is 13.2. The zero-order valence-corrected chi connectivity index (χ0v) is 14.0. The van der Waals surface area contributed by atoms with Crippen LogP contribution in [-0.2, 0) is 11.2 Å². The molecule has 3 nitrogen and oxygen atoms in total. The molecule has 1 amide bonds. The van der Waals surface area contributed by atoms with Crippen LogP contribution in [0.25, 0.3) is 16.3 Å². The second-order valence-corrected chi connectivity index (χ2v) is 6.62. The Morgan fingerprint density at radius 2 is 2.00 bits per heavy atom. The molecule has 0 saturated heterocycles. The number of benzene rings is 2. The highest BCUT2D eigenvalue weighted by Gasteiger charge is 2.09. The standard InChI is InChI=1S/C19H17FN2OS/c1-13(12-14-6-2-3-7-15(14)20)21-18(23)10-11-19-22-16-8-4-5-9-17(16)24-19/h2-11,13H,12H2,1H3,(H,21,23)/b11-10+. The number of carbonyl (C=O) groups is 1. The highest BCUT2D eigenvalue weighted by molar-refractivity contribution is 7.19. The largest absolute Gasteiger partial charge is 0.350 e. The molecule has 1 aromatic heterocycles. The van der Waals surface area contributed by atoms with Crippen molar-refractivity contribution in [2.75, 3.05) is 0 Å². The number of fused-ring (bicyclic) bond motifs is 1. The maximum absolute atomic E-state index is 13.6. The summed E-state index contributed by atoms with van der Waals surface area (Å²) < 4.78 is 14.7. The molecule has 0 radical (unpaired) electrons. The average molecular weight is 340 g/mol. The number of nitrogens with zero attached hydrogens (tertiary/aromatic N) is 1. The molecule has 0 aliphatic rings. The average Bonchev–Trinajstić information content (AvgIpc) is 2.98. The van der Waals surface area contributed by atoms with Gasteiger partial charge in [-0.15, -0.1) is 11.3 Å². The quantitative estimate of drug-likeness (QED) is 0.708. The topological polar surface area (TPSA) is 42.0 Å². The minimum absolute atomic E-state index is 0.158. The van der Waals surface area contributed by atoms with Gasteiger partial charge in [0.1, 0.15) is 10.8 Å². The van der Waals surface area contributed by atoms with E-state index < -0.39 is 0 Å². The van der Waals surface area contributed by atoms with E-state index >= 15 is 0 Å². The summed E-state index contributed by atoms with van der Waals surface area (Å²) in [5.74, 6) is -0.457. The van der Waals surface area contributed by atoms with Crippen LogP contribution in [0.15, 0.2) is 54.6 Å². The summed E-state index contributed by atoms with van der Waals surface area (Å²) in [5.41, 5.74) is 1.52. The van der Waals surface area contributed by atoms with Gasteiger partial charge in [-0.05, 0) is 43.2 Å². The lowest BCUT2D eigenvalue weighted by Crippen LogP contribution is -2.32. The SMILES string of the molecule is CC(Cc1ccccc1F)NC(=O)/C=C/c1nc2ccccc2s1. The first kappa shape index (κ1) is 16.3. The van der Waals surface area contributed by atoms with Crippen LogP contribution in [0.5, 0.6) is 0 Å². The van der Waals surface area contributed by atoms with Gasteiger partial charge in [0.25, 0.3) is 0 Å². The molecule has 3 aromatic rings. The van der Waals surface area contributed by atoms with Gasteiger partial charge in [-0.1, -0.05) is 30.3 Å². The van der Waals surface area contributed by atoms with E-state index in [-0.39, 0.29) is 17.8 Å². The van der Waals surface area contributed by atoms with Crippen molar-refractivity contribution in [2.24, 2.45) is 0 Å². The molecule has 0 aliphatic carbocycles. The smallest absolute Gasteiger partial charge is 0.244 e. The van der Waals surface area contributed by atoms with Gasteiger partial charge in [0.2, 0.25) is 5.91 Å². The molecule has 24 heavy (non-hydrogen) atoms. The van der Waals surface area contributed by atoms with Crippen molar-refractivity contribution in [3.8, 4) is 0 Å². The number of para-hydroxylation sites is 1. The van der Waals surface area contributed by atoms with E-state index in [1.165, 1.54) is 23.5 Å². The fourth-order valence-corrected chi connectivity index (χ4v) is 3.31. The van der Waals surface area contributed by atoms with Crippen LogP contribution in [0.3, 0.4) is 0 Å². The van der Waals surface area contributed by atoms with Gasteiger partial charge < -0.3 is 5.32 Å². The summed E-state index contributed by atoms with van der Waals surface area (Å²) in [6.07, 6.45) is 3.62. The maximum atomic E-state index is 13.6. The van der Waals surface area contributed by atoms with Crippen molar-refractivity contribution in [2.45, 2.75) is 19.4 Å². The molecule has 0 bridgehead atoms. The van der Waals surface area contributed by atoms with E-state index in [0.29, 0.717) is 12.0 Å². The van der Waals surface area contributed by atoms with E-state index in [9.17, 15) is 9.18 Å². The minimum Gasteiger partial charge on any atom is -0.350 e. The van der Waals surface area contributed by atoms with Gasteiger partial charge in [0.05, 0.1) is 10.2 Å². The predicted molar refractivity (Wildman–Crippen MR) is 96.4 cm³/mol. The molecule has 1 N–H and O–H groups in total. The maximum Gasteiger partial charge on any atom is 0.244 e. The summed E-state index contributed by atoms with van der Waals surface area (Å²) in [4.78, 5) is 16.4. The zero-order chi connectivity index (χ0) is 16.9. The lowest BCUT2D eigenvalue weighted by molar-refractivity contribution is -0.117. The molecule has 122 valence electrons. The first-order chi connectivity index (χ1) is 11.6. The van der Waals surface area contributed by atoms with Crippen LogP contribution in [0, 0.1) is 5.82 Å². The lowest BCUT2D eigenvalue weighted by Gasteiger charge is -2.12. The Kier molecular flexibility index (Phi) is 5.01. The van der Waals surface area contributed by atoms with Crippen molar-refractivity contribution < 1.29 is 9.18 Å². The second-order valence-electron chi connectivity index (χ2n) is 5.56. The minimum atomic E-state index is -0.247. The van der Waals surface area contributed by atoms with Crippen LogP contribution in [0.4, 0.5) is 4.39 Å². The number of nitrogens with one attached hydrogen (secondary N) is 1. The van der Waals surface area contributed by atoms with E-state index in [1.54, 1.807) is 24.3 Å². The van der Waals surface area contributed by atoms with Crippen molar-refractivity contribution in [1.29, 1.82) is 0 Å². The Hall–Kier alpha value is -2.53. The highest BCUT2D eigenvalue weighted by atomic mass is 32.1. The van der Waals surface area contributed by atoms with Gasteiger partial charge in [0.15, 0.2) is 0 Å². The Bertz CT molecular complexity index is 855. The summed E-state index contributed by atoms with van der Waals surface area (Å²) in [7, 11) is 0. The van der Waals surface area contributed by atoms with Gasteiger partial charge in [-0.2, -0.15) is 0 Å². The third-order valence-corrected chi connectivity index (χ3v) is 4.56. The third-order valence-electron chi connectivity index (χ3n) is 3.56. The molecule has 1 atom stereocenters. The normalized spacial score (nSPS) is 12.6. The fraction of sp³-hybridized carbons (Fsp3) is 0.158. The number of aromatic nitrogens is 1. The lowest BCUT2D eigenvalue weighted by atomic mass is 10.1. The van der Waals surface area contributed by atoms with Gasteiger partial charge in [-0.3, -0.25) is 4.79 Å². The van der Waals surface area contributed by atoms with Crippen LogP contribution in [0.2, 0.25) is 0 Å². The molecule has 0 spiro atoms. The van der Waals surface area contributed by atoms with Crippen LogP contribution in [-0.4, -0.2) is 16.9 Å². The molecule has 5 heteroatoms. The number of rotatable bonds is 5. The van der Waals surface area contributed by atoms with Crippen molar-refractivity contribution in [3.05, 3.63) is 71.0 Å². The second kappa shape index (κ2) is 7.36. The molecule has 0 saturated carbocycles. The van der Waals surface area contributed by atoms with Gasteiger partial charge >= 0.3 is 0 Å².